The number of rotatable bonds is 4. The average Bonchev–Trinajstić information content (AvgIpc) is 2.92. The van der Waals surface area contributed by atoms with Crippen molar-refractivity contribution in [1.82, 2.24) is 20.2 Å². The summed E-state index contributed by atoms with van der Waals surface area (Å²) < 4.78 is 5.04. The normalized spacial score (nSPS) is 10.6. The molecule has 0 aliphatic rings. The Hall–Kier alpha value is -2.51. The number of anilines is 3. The zero-order valence-corrected chi connectivity index (χ0v) is 13.5. The largest absolute Gasteiger partial charge is 0.481 e. The molecule has 2 aromatic heterocycles. The summed E-state index contributed by atoms with van der Waals surface area (Å²) >= 11 is 12.7. The minimum atomic E-state index is 0.214. The van der Waals surface area contributed by atoms with Gasteiger partial charge in [0, 0.05) is 29.1 Å². The Balaban J connectivity index is 1.93. The molecule has 3 aromatic rings. The molecule has 9 heteroatoms. The van der Waals surface area contributed by atoms with Crippen molar-refractivity contribution in [2.75, 3.05) is 18.2 Å². The Morgan fingerprint density at radius 2 is 1.96 bits per heavy atom. The van der Waals surface area contributed by atoms with Crippen molar-refractivity contribution < 1.29 is 4.74 Å². The van der Waals surface area contributed by atoms with Crippen molar-refractivity contribution in [3.8, 4) is 17.0 Å². The van der Waals surface area contributed by atoms with Crippen molar-refractivity contribution in [2.24, 2.45) is 0 Å². The molecule has 0 saturated heterocycles. The van der Waals surface area contributed by atoms with E-state index in [4.69, 9.17) is 33.7 Å². The van der Waals surface area contributed by atoms with Crippen LogP contribution in [0.5, 0.6) is 5.88 Å². The van der Waals surface area contributed by atoms with E-state index in [0.717, 1.165) is 5.56 Å². The Bertz CT molecular complexity index is 811. The van der Waals surface area contributed by atoms with Crippen molar-refractivity contribution >= 4 is 40.8 Å². The second kappa shape index (κ2) is 6.31. The van der Waals surface area contributed by atoms with Gasteiger partial charge in [0.15, 0.2) is 0 Å². The number of methoxy groups -OCH3 is 1. The van der Waals surface area contributed by atoms with Crippen LogP contribution >= 0.6 is 23.2 Å². The van der Waals surface area contributed by atoms with Crippen LogP contribution in [0.1, 0.15) is 0 Å². The zero-order chi connectivity index (χ0) is 16.4. The molecule has 0 bridgehead atoms. The lowest BCUT2D eigenvalue weighted by Gasteiger charge is -2.10. The quantitative estimate of drug-likeness (QED) is 0.665. The maximum absolute atomic E-state index is 6.36. The number of aromatic amines is 1. The molecule has 0 saturated carbocycles. The molecule has 118 valence electrons. The summed E-state index contributed by atoms with van der Waals surface area (Å²) in [6, 6.07) is 7.02. The zero-order valence-electron chi connectivity index (χ0n) is 12.0. The van der Waals surface area contributed by atoms with Crippen LogP contribution in [0.4, 0.5) is 17.6 Å². The maximum Gasteiger partial charge on any atom is 0.248 e. The van der Waals surface area contributed by atoms with Gasteiger partial charge in [-0.2, -0.15) is 4.98 Å². The monoisotopic (exact) mass is 350 g/mol. The number of halogens is 2. The highest BCUT2D eigenvalue weighted by atomic mass is 35.5. The highest BCUT2D eigenvalue weighted by molar-refractivity contribution is 6.39. The first kappa shape index (κ1) is 15.4. The fourth-order valence-electron chi connectivity index (χ4n) is 2.03. The van der Waals surface area contributed by atoms with Crippen molar-refractivity contribution in [3.05, 3.63) is 40.5 Å². The number of nitrogens with one attached hydrogen (secondary N) is 2. The summed E-state index contributed by atoms with van der Waals surface area (Å²) in [6.45, 7) is 0. The Kier molecular flexibility index (Phi) is 4.22. The highest BCUT2D eigenvalue weighted by Gasteiger charge is 2.12. The van der Waals surface area contributed by atoms with Crippen LogP contribution < -0.4 is 15.8 Å². The Morgan fingerprint density at radius 3 is 2.48 bits per heavy atom. The number of pyridine rings is 1. The van der Waals surface area contributed by atoms with Crippen LogP contribution in [0.25, 0.3) is 11.1 Å². The number of H-pyrrole nitrogens is 1. The number of nitrogen functional groups attached to an aromatic ring is 1. The van der Waals surface area contributed by atoms with Gasteiger partial charge in [0.05, 0.1) is 17.2 Å². The second-order valence-corrected chi connectivity index (χ2v) is 5.39. The fourth-order valence-corrected chi connectivity index (χ4v) is 2.73. The van der Waals surface area contributed by atoms with Gasteiger partial charge in [-0.25, -0.2) is 10.1 Å². The van der Waals surface area contributed by atoms with Gasteiger partial charge in [-0.3, -0.25) is 0 Å². The van der Waals surface area contributed by atoms with Crippen LogP contribution in [-0.4, -0.2) is 27.3 Å². The number of hydrogen-bond donors (Lipinski definition) is 3. The summed E-state index contributed by atoms with van der Waals surface area (Å²) in [6.07, 6.45) is 1.65. The summed E-state index contributed by atoms with van der Waals surface area (Å²) in [7, 11) is 1.55. The van der Waals surface area contributed by atoms with Crippen molar-refractivity contribution in [1.29, 1.82) is 0 Å². The van der Waals surface area contributed by atoms with Crippen LogP contribution in [0, 0.1) is 0 Å². The summed E-state index contributed by atoms with van der Waals surface area (Å²) in [5.74, 6) is 1.06. The van der Waals surface area contributed by atoms with Gasteiger partial charge in [-0.15, -0.1) is 5.10 Å². The first-order valence-electron chi connectivity index (χ1n) is 6.51. The molecule has 1 aromatic carbocycles. The highest BCUT2D eigenvalue weighted by Crippen LogP contribution is 2.37. The van der Waals surface area contributed by atoms with Gasteiger partial charge in [-0.1, -0.05) is 23.2 Å². The molecule has 0 unspecified atom stereocenters. The average molecular weight is 351 g/mol. The van der Waals surface area contributed by atoms with E-state index < -0.39 is 0 Å². The SMILES string of the molecule is COc1ccc(-c2c(Cl)cc(Nc3n[nH]c(N)n3)cc2Cl)cn1. The van der Waals surface area contributed by atoms with E-state index in [1.807, 2.05) is 6.07 Å². The number of hydrogen-bond acceptors (Lipinski definition) is 6. The molecule has 2 heterocycles. The second-order valence-electron chi connectivity index (χ2n) is 4.57. The number of aromatic nitrogens is 4. The molecular weight excluding hydrogens is 339 g/mol. The molecule has 0 radical (unpaired) electrons. The van der Waals surface area contributed by atoms with Crippen LogP contribution in [0.2, 0.25) is 10.0 Å². The van der Waals surface area contributed by atoms with Gasteiger partial charge >= 0.3 is 0 Å². The van der Waals surface area contributed by atoms with Crippen LogP contribution in [0.3, 0.4) is 0 Å². The predicted molar refractivity (Wildman–Crippen MR) is 90.3 cm³/mol. The smallest absolute Gasteiger partial charge is 0.248 e. The van der Waals surface area contributed by atoms with Gasteiger partial charge in [-0.05, 0) is 18.2 Å². The standard InChI is InChI=1S/C14H12Cl2N6O/c1-23-11-3-2-7(6-18-11)12-9(15)4-8(5-10(12)16)19-14-20-13(17)21-22-14/h2-6H,1H3,(H4,17,19,20,21,22). The van der Waals surface area contributed by atoms with Gasteiger partial charge in [0.2, 0.25) is 17.8 Å². The first-order chi connectivity index (χ1) is 11.1. The predicted octanol–water partition coefficient (Wildman–Crippen LogP) is 3.51. The summed E-state index contributed by atoms with van der Waals surface area (Å²) in [5.41, 5.74) is 7.59. The van der Waals surface area contributed by atoms with E-state index in [-0.39, 0.29) is 5.95 Å². The molecule has 0 aliphatic heterocycles. The number of benzene rings is 1. The fraction of sp³-hybridized carbons (Fsp3) is 0.0714. The van der Waals surface area contributed by atoms with Gasteiger partial charge < -0.3 is 15.8 Å². The summed E-state index contributed by atoms with van der Waals surface area (Å²) in [5, 5.41) is 10.3. The van der Waals surface area contributed by atoms with Crippen LogP contribution in [0.15, 0.2) is 30.5 Å². The number of nitrogens with zero attached hydrogens (tertiary/aromatic N) is 3. The van der Waals surface area contributed by atoms with E-state index in [1.165, 1.54) is 0 Å². The van der Waals surface area contributed by atoms with E-state index in [9.17, 15) is 0 Å². The third-order valence-electron chi connectivity index (χ3n) is 3.04. The third kappa shape index (κ3) is 3.30. The Morgan fingerprint density at radius 1 is 1.22 bits per heavy atom. The van der Waals surface area contributed by atoms with E-state index >= 15 is 0 Å². The molecule has 0 fully saturated rings. The molecular formula is C14H12Cl2N6O. The number of nitrogens with two attached hydrogens (primary N) is 1. The molecule has 3 rings (SSSR count). The lowest BCUT2D eigenvalue weighted by Crippen LogP contribution is -1.94. The molecule has 0 atom stereocenters. The molecule has 7 nitrogen and oxygen atoms in total. The Labute approximate surface area is 141 Å². The molecule has 4 N–H and O–H groups in total. The molecule has 0 amide bonds. The molecule has 0 aliphatic carbocycles. The minimum Gasteiger partial charge on any atom is -0.481 e. The lowest BCUT2D eigenvalue weighted by molar-refractivity contribution is 0.398. The van der Waals surface area contributed by atoms with Crippen molar-refractivity contribution in [2.45, 2.75) is 0 Å². The van der Waals surface area contributed by atoms with E-state index in [1.54, 1.807) is 31.5 Å². The first-order valence-corrected chi connectivity index (χ1v) is 7.27. The molecule has 23 heavy (non-hydrogen) atoms. The molecule has 0 spiro atoms. The summed E-state index contributed by atoms with van der Waals surface area (Å²) in [4.78, 5) is 8.11. The van der Waals surface area contributed by atoms with Gasteiger partial charge in [0.25, 0.3) is 0 Å². The minimum absolute atomic E-state index is 0.214. The van der Waals surface area contributed by atoms with Crippen LogP contribution in [-0.2, 0) is 0 Å². The van der Waals surface area contributed by atoms with E-state index in [0.29, 0.717) is 33.1 Å². The maximum atomic E-state index is 6.36. The topological polar surface area (TPSA) is 102 Å². The van der Waals surface area contributed by atoms with Crippen molar-refractivity contribution in [3.63, 3.8) is 0 Å². The lowest BCUT2D eigenvalue weighted by atomic mass is 10.1. The number of ether oxygens (including phenoxy) is 1. The van der Waals surface area contributed by atoms with E-state index in [2.05, 4.69) is 25.5 Å². The third-order valence-corrected chi connectivity index (χ3v) is 3.63. The van der Waals surface area contributed by atoms with Gasteiger partial charge in [0.1, 0.15) is 0 Å².